The summed E-state index contributed by atoms with van der Waals surface area (Å²) in [6.07, 6.45) is 0. The molecule has 0 aromatic heterocycles. The molecule has 18 heavy (non-hydrogen) atoms. The van der Waals surface area contributed by atoms with Crippen LogP contribution in [0.15, 0.2) is 45.8 Å². The van der Waals surface area contributed by atoms with Gasteiger partial charge >= 0.3 is 0 Å². The van der Waals surface area contributed by atoms with Crippen molar-refractivity contribution < 1.29 is 0 Å². The molecule has 0 radical (unpaired) electrons. The molecule has 2 aromatic carbocycles. The van der Waals surface area contributed by atoms with Gasteiger partial charge in [-0.05, 0) is 53.0 Å². The maximum Gasteiger partial charge on any atom is 0.0355 e. The highest BCUT2D eigenvalue weighted by Gasteiger charge is 2.05. The fraction of sp³-hybridized carbons (Fsp3) is 0.200. The Morgan fingerprint density at radius 1 is 1.17 bits per heavy atom. The molecular weight excluding hydrogens is 306 g/mol. The summed E-state index contributed by atoms with van der Waals surface area (Å²) in [4.78, 5) is 1.24. The van der Waals surface area contributed by atoms with Gasteiger partial charge in [0.15, 0.2) is 0 Å². The number of thioether (sulfide) groups is 1. The minimum atomic E-state index is 0.835. The average Bonchev–Trinajstić information content (AvgIpc) is 2.32. The van der Waals surface area contributed by atoms with Gasteiger partial charge in [0.05, 0.1) is 0 Å². The smallest absolute Gasteiger partial charge is 0.0355 e. The molecule has 3 heteroatoms. The number of benzene rings is 2. The lowest BCUT2D eigenvalue weighted by atomic mass is 10.2. The first-order valence-electron chi connectivity index (χ1n) is 5.80. The topological polar surface area (TPSA) is 26.0 Å². The molecule has 2 N–H and O–H groups in total. The third kappa shape index (κ3) is 3.30. The predicted octanol–water partition coefficient (Wildman–Crippen LogP) is 4.94. The SMILES string of the molecule is Cc1cccc(CSc2cc(C)c(N)cc2Br)c1. The van der Waals surface area contributed by atoms with Gasteiger partial charge in [0.2, 0.25) is 0 Å². The van der Waals surface area contributed by atoms with Crippen molar-refractivity contribution in [3.63, 3.8) is 0 Å². The van der Waals surface area contributed by atoms with Crippen molar-refractivity contribution in [1.29, 1.82) is 0 Å². The zero-order chi connectivity index (χ0) is 13.1. The third-order valence-corrected chi connectivity index (χ3v) is 4.84. The Morgan fingerprint density at radius 2 is 1.94 bits per heavy atom. The fourth-order valence-corrected chi connectivity index (χ4v) is 3.41. The van der Waals surface area contributed by atoms with E-state index in [0.717, 1.165) is 21.5 Å². The van der Waals surface area contributed by atoms with Gasteiger partial charge in [-0.1, -0.05) is 29.8 Å². The summed E-state index contributed by atoms with van der Waals surface area (Å²) in [5.41, 5.74) is 10.5. The van der Waals surface area contributed by atoms with Gasteiger partial charge in [0.25, 0.3) is 0 Å². The van der Waals surface area contributed by atoms with Gasteiger partial charge in [0, 0.05) is 20.8 Å². The van der Waals surface area contributed by atoms with E-state index in [9.17, 15) is 0 Å². The van der Waals surface area contributed by atoms with Crippen molar-refractivity contribution in [3.05, 3.63) is 57.6 Å². The number of hydrogen-bond acceptors (Lipinski definition) is 2. The molecule has 0 amide bonds. The lowest BCUT2D eigenvalue weighted by Crippen LogP contribution is -1.91. The summed E-state index contributed by atoms with van der Waals surface area (Å²) in [5.74, 6) is 0.976. The summed E-state index contributed by atoms with van der Waals surface area (Å²) in [6, 6.07) is 12.7. The molecule has 0 bridgehead atoms. The van der Waals surface area contributed by atoms with Crippen molar-refractivity contribution in [3.8, 4) is 0 Å². The van der Waals surface area contributed by atoms with E-state index in [2.05, 4.69) is 53.2 Å². The normalized spacial score (nSPS) is 10.6. The molecule has 0 atom stereocenters. The van der Waals surface area contributed by atoms with Crippen LogP contribution >= 0.6 is 27.7 Å². The molecule has 0 fully saturated rings. The van der Waals surface area contributed by atoms with Gasteiger partial charge in [0.1, 0.15) is 0 Å². The van der Waals surface area contributed by atoms with E-state index in [-0.39, 0.29) is 0 Å². The fourth-order valence-electron chi connectivity index (χ4n) is 1.74. The lowest BCUT2D eigenvalue weighted by Gasteiger charge is -2.08. The molecule has 94 valence electrons. The first kappa shape index (κ1) is 13.5. The van der Waals surface area contributed by atoms with Crippen LogP contribution < -0.4 is 5.73 Å². The van der Waals surface area contributed by atoms with E-state index < -0.39 is 0 Å². The van der Waals surface area contributed by atoms with Gasteiger partial charge in [-0.25, -0.2) is 0 Å². The van der Waals surface area contributed by atoms with Gasteiger partial charge in [-0.3, -0.25) is 0 Å². The summed E-state index contributed by atoms with van der Waals surface area (Å²) >= 11 is 5.40. The lowest BCUT2D eigenvalue weighted by molar-refractivity contribution is 1.30. The zero-order valence-corrected chi connectivity index (χ0v) is 12.9. The molecule has 0 heterocycles. The van der Waals surface area contributed by atoms with Crippen molar-refractivity contribution in [2.75, 3.05) is 5.73 Å². The minimum Gasteiger partial charge on any atom is -0.398 e. The van der Waals surface area contributed by atoms with Gasteiger partial charge < -0.3 is 5.73 Å². The largest absolute Gasteiger partial charge is 0.398 e. The average molecular weight is 322 g/mol. The van der Waals surface area contributed by atoms with Crippen LogP contribution in [0, 0.1) is 13.8 Å². The second-order valence-electron chi connectivity index (χ2n) is 4.42. The van der Waals surface area contributed by atoms with Crippen molar-refractivity contribution in [2.45, 2.75) is 24.5 Å². The molecule has 1 nitrogen and oxygen atoms in total. The Bertz CT molecular complexity index is 566. The van der Waals surface area contributed by atoms with E-state index in [0.29, 0.717) is 0 Å². The monoisotopic (exact) mass is 321 g/mol. The molecule has 2 aromatic rings. The van der Waals surface area contributed by atoms with Crippen LogP contribution in [0.2, 0.25) is 0 Å². The highest BCUT2D eigenvalue weighted by Crippen LogP contribution is 2.33. The Hall–Kier alpha value is -0.930. The molecule has 0 unspecified atom stereocenters. The maximum atomic E-state index is 5.88. The summed E-state index contributed by atoms with van der Waals surface area (Å²) < 4.78 is 1.07. The number of nitrogen functional groups attached to an aromatic ring is 1. The number of nitrogens with two attached hydrogens (primary N) is 1. The third-order valence-electron chi connectivity index (χ3n) is 2.80. The van der Waals surface area contributed by atoms with Crippen LogP contribution in [0.25, 0.3) is 0 Å². The Labute approximate surface area is 121 Å². The summed E-state index contributed by atoms with van der Waals surface area (Å²) in [6.45, 7) is 4.16. The van der Waals surface area contributed by atoms with Crippen LogP contribution in [0.3, 0.4) is 0 Å². The van der Waals surface area contributed by atoms with E-state index in [1.165, 1.54) is 16.0 Å². The van der Waals surface area contributed by atoms with Gasteiger partial charge in [-0.15, -0.1) is 11.8 Å². The summed E-state index contributed by atoms with van der Waals surface area (Å²) in [7, 11) is 0. The summed E-state index contributed by atoms with van der Waals surface area (Å²) in [5, 5.41) is 0. The zero-order valence-electron chi connectivity index (χ0n) is 10.5. The number of aryl methyl sites for hydroxylation is 2. The maximum absolute atomic E-state index is 5.88. The van der Waals surface area contributed by atoms with Gasteiger partial charge in [-0.2, -0.15) is 0 Å². The van der Waals surface area contributed by atoms with E-state index in [1.807, 2.05) is 24.8 Å². The molecule has 0 aliphatic rings. The molecule has 0 spiro atoms. The number of anilines is 1. The molecule has 0 saturated carbocycles. The second kappa shape index (κ2) is 5.81. The number of hydrogen-bond donors (Lipinski definition) is 1. The molecule has 2 rings (SSSR count). The van der Waals surface area contributed by atoms with Crippen molar-refractivity contribution in [2.24, 2.45) is 0 Å². The Kier molecular flexibility index (Phi) is 4.36. The van der Waals surface area contributed by atoms with Crippen molar-refractivity contribution in [1.82, 2.24) is 0 Å². The van der Waals surface area contributed by atoms with Crippen LogP contribution in [0.5, 0.6) is 0 Å². The number of rotatable bonds is 3. The predicted molar refractivity (Wildman–Crippen MR) is 84.0 cm³/mol. The standard InChI is InChI=1S/C15H16BrNS/c1-10-4-3-5-12(6-10)9-18-15-7-11(2)14(17)8-13(15)16/h3-8H,9,17H2,1-2H3. The molecule has 0 aliphatic carbocycles. The first-order valence-corrected chi connectivity index (χ1v) is 7.58. The minimum absolute atomic E-state index is 0.835. The first-order chi connectivity index (χ1) is 8.56. The van der Waals surface area contributed by atoms with Crippen molar-refractivity contribution >= 4 is 33.4 Å². The quantitative estimate of drug-likeness (QED) is 0.640. The molecule has 0 saturated heterocycles. The highest BCUT2D eigenvalue weighted by atomic mass is 79.9. The van der Waals surface area contributed by atoms with Crippen LogP contribution in [0.1, 0.15) is 16.7 Å². The van der Waals surface area contributed by atoms with E-state index >= 15 is 0 Å². The molecule has 0 aliphatic heterocycles. The Balaban J connectivity index is 2.13. The van der Waals surface area contributed by atoms with E-state index in [4.69, 9.17) is 5.73 Å². The van der Waals surface area contributed by atoms with Crippen LogP contribution in [0.4, 0.5) is 5.69 Å². The van der Waals surface area contributed by atoms with E-state index in [1.54, 1.807) is 0 Å². The molecular formula is C15H16BrNS. The number of halogens is 1. The van der Waals surface area contributed by atoms with Crippen LogP contribution in [-0.2, 0) is 5.75 Å². The Morgan fingerprint density at radius 3 is 2.67 bits per heavy atom. The second-order valence-corrected chi connectivity index (χ2v) is 6.29. The highest BCUT2D eigenvalue weighted by molar-refractivity contribution is 9.10. The van der Waals surface area contributed by atoms with Crippen LogP contribution in [-0.4, -0.2) is 0 Å².